The number of benzene rings is 2. The van der Waals surface area contributed by atoms with E-state index >= 15 is 0 Å². The molecule has 1 aliphatic heterocycles. The number of rotatable bonds is 9. The zero-order chi connectivity index (χ0) is 28.8. The number of likely N-dealkylation sites (tertiary alicyclic amines) is 1. The van der Waals surface area contributed by atoms with Crippen molar-refractivity contribution >= 4 is 59.6 Å². The first-order chi connectivity index (χ1) is 18.3. The highest BCUT2D eigenvalue weighted by atomic mass is 79.9. The molecule has 212 valence electrons. The van der Waals surface area contributed by atoms with E-state index < -0.39 is 46.5 Å². The summed E-state index contributed by atoms with van der Waals surface area (Å²) < 4.78 is 72.1. The molecule has 39 heavy (non-hydrogen) atoms. The SMILES string of the molecule is CNS(=O)(=O)Cc1cc(Br)c(N(C/C=C/[C@H]2CCCN2C(=O)OCc2ccccc2)C(=O)C(F)(F)F)c(Br)c1. The van der Waals surface area contributed by atoms with Crippen molar-refractivity contribution in [2.75, 3.05) is 25.0 Å². The summed E-state index contributed by atoms with van der Waals surface area (Å²) in [4.78, 5) is 27.0. The molecule has 0 aliphatic carbocycles. The van der Waals surface area contributed by atoms with Crippen LogP contribution in [0.2, 0.25) is 0 Å². The highest BCUT2D eigenvalue weighted by Gasteiger charge is 2.43. The van der Waals surface area contributed by atoms with Crippen molar-refractivity contribution in [1.82, 2.24) is 9.62 Å². The Morgan fingerprint density at radius 3 is 2.38 bits per heavy atom. The van der Waals surface area contributed by atoms with Crippen LogP contribution in [0.4, 0.5) is 23.7 Å². The molecule has 8 nitrogen and oxygen atoms in total. The normalized spacial score (nSPS) is 16.1. The van der Waals surface area contributed by atoms with Crippen molar-refractivity contribution in [2.24, 2.45) is 0 Å². The summed E-state index contributed by atoms with van der Waals surface area (Å²) >= 11 is 6.37. The molecule has 0 aromatic heterocycles. The van der Waals surface area contributed by atoms with E-state index in [1.54, 1.807) is 6.08 Å². The van der Waals surface area contributed by atoms with Gasteiger partial charge in [-0.1, -0.05) is 42.5 Å². The highest BCUT2D eigenvalue weighted by molar-refractivity contribution is 9.11. The molecule has 3 rings (SSSR count). The minimum Gasteiger partial charge on any atom is -0.445 e. The van der Waals surface area contributed by atoms with Crippen LogP contribution in [0.3, 0.4) is 0 Å². The molecule has 0 bridgehead atoms. The van der Waals surface area contributed by atoms with E-state index in [0.29, 0.717) is 24.3 Å². The largest absolute Gasteiger partial charge is 0.471 e. The Balaban J connectivity index is 1.78. The van der Waals surface area contributed by atoms with Gasteiger partial charge in [-0.25, -0.2) is 17.9 Å². The van der Waals surface area contributed by atoms with Crippen LogP contribution in [0.15, 0.2) is 63.6 Å². The molecule has 1 atom stereocenters. The molecule has 0 unspecified atom stereocenters. The van der Waals surface area contributed by atoms with Crippen molar-refractivity contribution in [3.05, 3.63) is 74.7 Å². The number of anilines is 1. The number of nitrogens with zero attached hydrogens (tertiary/aromatic N) is 2. The second-order valence-electron chi connectivity index (χ2n) is 8.66. The molecular formula is C25H26Br2F3N3O5S. The molecule has 1 saturated heterocycles. The Morgan fingerprint density at radius 1 is 1.15 bits per heavy atom. The standard InChI is InChI=1S/C25H26Br2F3N3O5S/c1-31-39(36,37)16-18-13-20(26)22(21(27)14-18)33(23(34)25(28,29)30)12-6-10-19-9-5-11-32(19)24(35)38-15-17-7-3-2-4-8-17/h2-4,6-8,10,13-14,19,31H,5,9,11-12,15-16H2,1H3/b10-6+/t19-/m1/s1. The van der Waals surface area contributed by atoms with Crippen LogP contribution in [0, 0.1) is 0 Å². The minimum atomic E-state index is -5.17. The second kappa shape index (κ2) is 13.3. The zero-order valence-corrected chi connectivity index (χ0v) is 24.7. The Hall–Kier alpha value is -2.42. The van der Waals surface area contributed by atoms with Gasteiger partial charge in [0.15, 0.2) is 0 Å². The van der Waals surface area contributed by atoms with E-state index in [0.717, 1.165) is 5.56 Å². The van der Waals surface area contributed by atoms with E-state index in [-0.39, 0.29) is 26.8 Å². The molecular weight excluding hydrogens is 671 g/mol. The molecule has 0 spiro atoms. The molecule has 0 radical (unpaired) electrons. The number of carbonyl (C=O) groups excluding carboxylic acids is 2. The topological polar surface area (TPSA) is 96.0 Å². The van der Waals surface area contributed by atoms with Crippen LogP contribution in [0.1, 0.15) is 24.0 Å². The molecule has 2 aromatic rings. The van der Waals surface area contributed by atoms with E-state index in [9.17, 15) is 31.2 Å². The average molecular weight is 697 g/mol. The Morgan fingerprint density at radius 2 is 1.79 bits per heavy atom. The summed E-state index contributed by atoms with van der Waals surface area (Å²) in [5.74, 6) is -2.51. The number of sulfonamides is 1. The lowest BCUT2D eigenvalue weighted by atomic mass is 10.2. The Bertz CT molecular complexity index is 1300. The average Bonchev–Trinajstić information content (AvgIpc) is 3.34. The van der Waals surface area contributed by atoms with Crippen LogP contribution < -0.4 is 9.62 Å². The first-order valence-electron chi connectivity index (χ1n) is 11.7. The van der Waals surface area contributed by atoms with Gasteiger partial charge in [-0.2, -0.15) is 13.2 Å². The summed E-state index contributed by atoms with van der Waals surface area (Å²) in [6.07, 6.45) is -1.44. The van der Waals surface area contributed by atoms with Gasteiger partial charge in [-0.3, -0.25) is 9.69 Å². The predicted molar refractivity (Wildman–Crippen MR) is 147 cm³/mol. The third-order valence-corrected chi connectivity index (χ3v) is 8.43. The molecule has 1 heterocycles. The monoisotopic (exact) mass is 695 g/mol. The van der Waals surface area contributed by atoms with Gasteiger partial charge in [-0.15, -0.1) is 0 Å². The van der Waals surface area contributed by atoms with E-state index in [4.69, 9.17) is 4.74 Å². The van der Waals surface area contributed by atoms with Gasteiger partial charge in [0.05, 0.1) is 17.5 Å². The lowest BCUT2D eigenvalue weighted by Crippen LogP contribution is -2.42. The Labute approximate surface area is 241 Å². The molecule has 14 heteroatoms. The minimum absolute atomic E-state index is 0.0914. The van der Waals surface area contributed by atoms with Crippen molar-refractivity contribution in [3.8, 4) is 0 Å². The van der Waals surface area contributed by atoms with Crippen LogP contribution in [0.5, 0.6) is 0 Å². The number of amides is 2. The summed E-state index contributed by atoms with van der Waals surface area (Å²) in [7, 11) is -2.39. The Kier molecular flexibility index (Phi) is 10.6. The fraction of sp³-hybridized carbons (Fsp3) is 0.360. The maximum absolute atomic E-state index is 13.5. The first kappa shape index (κ1) is 31.1. The lowest BCUT2D eigenvalue weighted by molar-refractivity contribution is -0.170. The third-order valence-electron chi connectivity index (χ3n) is 5.89. The van der Waals surface area contributed by atoms with Gasteiger partial charge < -0.3 is 9.64 Å². The predicted octanol–water partition coefficient (Wildman–Crippen LogP) is 5.51. The van der Waals surface area contributed by atoms with Crippen molar-refractivity contribution in [2.45, 2.75) is 37.4 Å². The summed E-state index contributed by atoms with van der Waals surface area (Å²) in [6.45, 7) is 0.0726. The number of nitrogens with one attached hydrogen (secondary N) is 1. The number of hydrogen-bond acceptors (Lipinski definition) is 5. The second-order valence-corrected chi connectivity index (χ2v) is 12.3. The van der Waals surface area contributed by atoms with Crippen LogP contribution in [-0.2, 0) is 31.9 Å². The molecule has 0 saturated carbocycles. The third kappa shape index (κ3) is 8.53. The van der Waals surface area contributed by atoms with Crippen LogP contribution >= 0.6 is 31.9 Å². The van der Waals surface area contributed by atoms with Gasteiger partial charge in [0.25, 0.3) is 0 Å². The number of ether oxygens (including phenoxy) is 1. The molecule has 1 N–H and O–H groups in total. The van der Waals surface area contributed by atoms with E-state index in [1.165, 1.54) is 30.2 Å². The maximum Gasteiger partial charge on any atom is 0.471 e. The molecule has 2 amide bonds. The van der Waals surface area contributed by atoms with Gasteiger partial charge >= 0.3 is 18.2 Å². The summed E-state index contributed by atoms with van der Waals surface area (Å²) in [6, 6.07) is 11.4. The fourth-order valence-electron chi connectivity index (χ4n) is 4.02. The fourth-order valence-corrected chi connectivity index (χ4v) is 6.48. The van der Waals surface area contributed by atoms with E-state index in [2.05, 4.69) is 36.6 Å². The summed E-state index contributed by atoms with van der Waals surface area (Å²) in [5.41, 5.74) is 1.000. The van der Waals surface area contributed by atoms with Crippen LogP contribution in [-0.4, -0.2) is 57.7 Å². The maximum atomic E-state index is 13.5. The number of hydrogen-bond donors (Lipinski definition) is 1. The summed E-state index contributed by atoms with van der Waals surface area (Å²) in [5, 5.41) is 0. The van der Waals surface area contributed by atoms with Crippen LogP contribution in [0.25, 0.3) is 0 Å². The van der Waals surface area contributed by atoms with Crippen molar-refractivity contribution < 1.29 is 35.9 Å². The van der Waals surface area contributed by atoms with Crippen molar-refractivity contribution in [3.63, 3.8) is 0 Å². The number of carbonyl (C=O) groups is 2. The number of alkyl halides is 3. The lowest BCUT2D eigenvalue weighted by Gasteiger charge is -2.26. The van der Waals surface area contributed by atoms with Gasteiger partial charge in [0.2, 0.25) is 10.0 Å². The smallest absolute Gasteiger partial charge is 0.445 e. The van der Waals surface area contributed by atoms with Crippen molar-refractivity contribution in [1.29, 1.82) is 0 Å². The van der Waals surface area contributed by atoms with Gasteiger partial charge in [0, 0.05) is 22.0 Å². The first-order valence-corrected chi connectivity index (χ1v) is 15.0. The highest BCUT2D eigenvalue weighted by Crippen LogP contribution is 2.38. The van der Waals surface area contributed by atoms with Gasteiger partial charge in [0.1, 0.15) is 6.61 Å². The molecule has 1 fully saturated rings. The molecule has 2 aromatic carbocycles. The molecule has 1 aliphatic rings. The zero-order valence-electron chi connectivity index (χ0n) is 20.7. The van der Waals surface area contributed by atoms with E-state index in [1.807, 2.05) is 30.3 Å². The number of halogens is 5. The van der Waals surface area contributed by atoms with Gasteiger partial charge in [-0.05, 0) is 75.0 Å². The quantitative estimate of drug-likeness (QED) is 0.349.